The van der Waals surface area contributed by atoms with Gasteiger partial charge in [0.25, 0.3) is 5.91 Å². The van der Waals surface area contributed by atoms with Gasteiger partial charge in [0.2, 0.25) is 0 Å². The van der Waals surface area contributed by atoms with Gasteiger partial charge in [-0.05, 0) is 66.2 Å². The summed E-state index contributed by atoms with van der Waals surface area (Å²) in [6.07, 6.45) is 4.04. The minimum absolute atomic E-state index is 0.150. The standard InChI is InChI=1S/C26H19BrClN3OS/c1-16-6-11-20(28)13-22(16)29-26-30-25(32)24(33-26)12-18-15-31(23-5-3-2-4-21(18)23)14-17-7-9-19(27)10-8-17/h2-13,15H,14H2,1H3,(H,29,30,32)/b24-12-. The van der Waals surface area contributed by atoms with Gasteiger partial charge < -0.3 is 9.88 Å². The number of carbonyl (C=O) groups is 1. The van der Waals surface area contributed by atoms with Gasteiger partial charge in [0.05, 0.1) is 10.6 Å². The molecule has 1 N–H and O–H groups in total. The fourth-order valence-corrected chi connectivity index (χ4v) is 5.00. The first kappa shape index (κ1) is 22.0. The molecule has 1 amide bonds. The number of rotatable bonds is 4. The predicted octanol–water partition coefficient (Wildman–Crippen LogP) is 7.31. The molecule has 33 heavy (non-hydrogen) atoms. The molecule has 4 nitrogen and oxygen atoms in total. The van der Waals surface area contributed by atoms with Crippen molar-refractivity contribution in [2.45, 2.75) is 13.5 Å². The van der Waals surface area contributed by atoms with Gasteiger partial charge in [-0.25, -0.2) is 4.99 Å². The van der Waals surface area contributed by atoms with E-state index in [1.165, 1.54) is 17.3 Å². The van der Waals surface area contributed by atoms with Crippen molar-refractivity contribution >= 4 is 73.0 Å². The SMILES string of the molecule is Cc1ccc(Cl)cc1N=C1NC(=O)/C(=C/c2cn(Cc3ccc(Br)cc3)c3ccccc23)S1. The van der Waals surface area contributed by atoms with E-state index >= 15 is 0 Å². The number of amides is 1. The second-order valence-corrected chi connectivity index (χ2v) is 10.2. The van der Waals surface area contributed by atoms with Crippen LogP contribution in [0.15, 0.2) is 87.3 Å². The van der Waals surface area contributed by atoms with Gasteiger partial charge in [-0.15, -0.1) is 0 Å². The molecule has 1 aliphatic heterocycles. The quantitative estimate of drug-likeness (QED) is 0.278. The van der Waals surface area contributed by atoms with Crippen molar-refractivity contribution in [3.8, 4) is 0 Å². The van der Waals surface area contributed by atoms with Crippen LogP contribution in [0.25, 0.3) is 17.0 Å². The van der Waals surface area contributed by atoms with Crippen LogP contribution < -0.4 is 5.32 Å². The number of nitrogens with zero attached hydrogens (tertiary/aromatic N) is 2. The maximum atomic E-state index is 12.7. The van der Waals surface area contributed by atoms with Crippen LogP contribution in [0.2, 0.25) is 5.02 Å². The van der Waals surface area contributed by atoms with Crippen LogP contribution in [0, 0.1) is 6.92 Å². The van der Waals surface area contributed by atoms with Crippen molar-refractivity contribution in [1.29, 1.82) is 0 Å². The summed E-state index contributed by atoms with van der Waals surface area (Å²) in [5.41, 5.74) is 5.07. The molecule has 1 aliphatic rings. The fraction of sp³-hybridized carbons (Fsp3) is 0.0769. The summed E-state index contributed by atoms with van der Waals surface area (Å²) in [5, 5.41) is 5.14. The van der Waals surface area contributed by atoms with Crippen molar-refractivity contribution in [3.05, 3.63) is 104 Å². The van der Waals surface area contributed by atoms with Crippen LogP contribution in [0.3, 0.4) is 0 Å². The first-order valence-corrected chi connectivity index (χ1v) is 12.3. The average molecular weight is 537 g/mol. The summed E-state index contributed by atoms with van der Waals surface area (Å²) >= 11 is 10.9. The van der Waals surface area contributed by atoms with E-state index in [0.717, 1.165) is 38.7 Å². The normalized spacial score (nSPS) is 16.2. The molecule has 0 spiro atoms. The number of hydrogen-bond donors (Lipinski definition) is 1. The lowest BCUT2D eigenvalue weighted by molar-refractivity contribution is -0.115. The van der Waals surface area contributed by atoms with E-state index in [1.54, 1.807) is 6.07 Å². The molecule has 0 saturated carbocycles. The number of para-hydroxylation sites is 1. The van der Waals surface area contributed by atoms with Crippen LogP contribution in [0.4, 0.5) is 5.69 Å². The molecule has 164 valence electrons. The lowest BCUT2D eigenvalue weighted by Gasteiger charge is -2.05. The highest BCUT2D eigenvalue weighted by Crippen LogP contribution is 2.32. The molecule has 7 heteroatoms. The molecular formula is C26H19BrClN3OS. The highest BCUT2D eigenvalue weighted by atomic mass is 79.9. The van der Waals surface area contributed by atoms with Crippen molar-refractivity contribution in [3.63, 3.8) is 0 Å². The van der Waals surface area contributed by atoms with Crippen LogP contribution in [-0.2, 0) is 11.3 Å². The topological polar surface area (TPSA) is 46.4 Å². The third-order valence-corrected chi connectivity index (χ3v) is 7.09. The predicted molar refractivity (Wildman–Crippen MR) is 142 cm³/mol. The largest absolute Gasteiger partial charge is 0.342 e. The summed E-state index contributed by atoms with van der Waals surface area (Å²) in [4.78, 5) is 17.9. The number of nitrogens with one attached hydrogen (secondary N) is 1. The van der Waals surface area contributed by atoms with E-state index in [4.69, 9.17) is 11.6 Å². The van der Waals surface area contributed by atoms with Crippen molar-refractivity contribution in [2.75, 3.05) is 0 Å². The summed E-state index contributed by atoms with van der Waals surface area (Å²) in [6, 6.07) is 22.1. The number of hydrogen-bond acceptors (Lipinski definition) is 3. The van der Waals surface area contributed by atoms with E-state index < -0.39 is 0 Å². The molecule has 0 atom stereocenters. The Morgan fingerprint density at radius 1 is 1.12 bits per heavy atom. The number of halogens is 2. The maximum absolute atomic E-state index is 12.7. The Labute approximate surface area is 209 Å². The first-order valence-electron chi connectivity index (χ1n) is 10.3. The van der Waals surface area contributed by atoms with E-state index in [0.29, 0.717) is 15.1 Å². The third kappa shape index (κ3) is 4.78. The molecular weight excluding hydrogens is 518 g/mol. The molecule has 3 aromatic carbocycles. The first-order chi connectivity index (χ1) is 16.0. The van der Waals surface area contributed by atoms with Gasteiger partial charge in [-0.1, -0.05) is 63.9 Å². The second kappa shape index (κ2) is 9.21. The van der Waals surface area contributed by atoms with Gasteiger partial charge in [0.1, 0.15) is 0 Å². The third-order valence-electron chi connectivity index (χ3n) is 5.42. The highest BCUT2D eigenvalue weighted by molar-refractivity contribution is 9.10. The lowest BCUT2D eigenvalue weighted by atomic mass is 10.1. The van der Waals surface area contributed by atoms with Gasteiger partial charge >= 0.3 is 0 Å². The van der Waals surface area contributed by atoms with E-state index in [1.807, 2.05) is 49.4 Å². The summed E-state index contributed by atoms with van der Waals surface area (Å²) in [6.45, 7) is 2.71. The summed E-state index contributed by atoms with van der Waals surface area (Å²) in [7, 11) is 0. The number of aryl methyl sites for hydroxylation is 1. The zero-order valence-corrected chi connectivity index (χ0v) is 20.8. The number of amidine groups is 1. The minimum Gasteiger partial charge on any atom is -0.342 e. The molecule has 0 bridgehead atoms. The van der Waals surface area contributed by atoms with Gasteiger partial charge in [0, 0.05) is 38.7 Å². The van der Waals surface area contributed by atoms with Crippen LogP contribution in [0.1, 0.15) is 16.7 Å². The molecule has 1 fully saturated rings. The zero-order chi connectivity index (χ0) is 22.9. The van der Waals surface area contributed by atoms with E-state index in [-0.39, 0.29) is 5.91 Å². The Kier molecular flexibility index (Phi) is 6.15. The second-order valence-electron chi connectivity index (χ2n) is 7.77. The summed E-state index contributed by atoms with van der Waals surface area (Å²) < 4.78 is 3.27. The Bertz CT molecular complexity index is 1440. The number of carbonyl (C=O) groups excluding carboxylic acids is 1. The van der Waals surface area contributed by atoms with Crippen molar-refractivity contribution < 1.29 is 4.79 Å². The molecule has 0 unspecified atom stereocenters. The molecule has 0 aliphatic carbocycles. The van der Waals surface area contributed by atoms with Gasteiger partial charge in [-0.2, -0.15) is 0 Å². The van der Waals surface area contributed by atoms with E-state index in [2.05, 4.69) is 61.3 Å². The molecule has 1 aromatic heterocycles. The number of aliphatic imine (C=N–C) groups is 1. The summed E-state index contributed by atoms with van der Waals surface area (Å²) in [5.74, 6) is -0.150. The zero-order valence-electron chi connectivity index (χ0n) is 17.7. The number of fused-ring (bicyclic) bond motifs is 1. The minimum atomic E-state index is -0.150. The highest BCUT2D eigenvalue weighted by Gasteiger charge is 2.24. The lowest BCUT2D eigenvalue weighted by Crippen LogP contribution is -2.19. The Morgan fingerprint density at radius 3 is 2.73 bits per heavy atom. The Hall–Kier alpha value is -2.80. The monoisotopic (exact) mass is 535 g/mol. The number of benzene rings is 3. The Balaban J connectivity index is 1.47. The van der Waals surface area contributed by atoms with Gasteiger partial charge in [0.15, 0.2) is 5.17 Å². The maximum Gasteiger partial charge on any atom is 0.264 e. The van der Waals surface area contributed by atoms with Crippen LogP contribution in [-0.4, -0.2) is 15.6 Å². The van der Waals surface area contributed by atoms with Crippen LogP contribution >= 0.6 is 39.3 Å². The molecule has 1 saturated heterocycles. The van der Waals surface area contributed by atoms with Gasteiger partial charge in [-0.3, -0.25) is 4.79 Å². The molecule has 2 heterocycles. The molecule has 5 rings (SSSR count). The smallest absolute Gasteiger partial charge is 0.264 e. The molecule has 4 aromatic rings. The average Bonchev–Trinajstić information content (AvgIpc) is 3.32. The Morgan fingerprint density at radius 2 is 1.91 bits per heavy atom. The number of thioether (sulfide) groups is 1. The van der Waals surface area contributed by atoms with Crippen molar-refractivity contribution in [2.24, 2.45) is 4.99 Å². The number of aromatic nitrogens is 1. The van der Waals surface area contributed by atoms with Crippen LogP contribution in [0.5, 0.6) is 0 Å². The van der Waals surface area contributed by atoms with Crippen molar-refractivity contribution in [1.82, 2.24) is 9.88 Å². The molecule has 0 radical (unpaired) electrons. The van der Waals surface area contributed by atoms with E-state index in [9.17, 15) is 4.79 Å². The fourth-order valence-electron chi connectivity index (χ4n) is 3.74.